The van der Waals surface area contributed by atoms with Gasteiger partial charge in [-0.05, 0) is 31.6 Å². The highest BCUT2D eigenvalue weighted by Crippen LogP contribution is 2.31. The van der Waals surface area contributed by atoms with Crippen LogP contribution in [0.25, 0.3) is 0 Å². The van der Waals surface area contributed by atoms with Crippen LogP contribution in [0.3, 0.4) is 0 Å². The molecule has 0 aromatic heterocycles. The maximum atomic E-state index is 11.9. The first kappa shape index (κ1) is 15.0. The molecule has 1 atom stereocenters. The summed E-state index contributed by atoms with van der Waals surface area (Å²) in [5, 5.41) is 2.73. The minimum absolute atomic E-state index is 0.159. The molecule has 1 unspecified atom stereocenters. The van der Waals surface area contributed by atoms with E-state index in [1.165, 1.54) is 7.11 Å². The summed E-state index contributed by atoms with van der Waals surface area (Å²) < 4.78 is 4.70. The highest BCUT2D eigenvalue weighted by molar-refractivity contribution is 5.85. The first-order valence-corrected chi connectivity index (χ1v) is 6.52. The minimum atomic E-state index is -0.564. The van der Waals surface area contributed by atoms with Gasteiger partial charge in [0.2, 0.25) is 5.91 Å². The zero-order valence-corrected chi connectivity index (χ0v) is 11.5. The number of carbonyl (C=O) groups excluding carboxylic acids is 2. The van der Waals surface area contributed by atoms with E-state index in [1.807, 2.05) is 13.8 Å². The smallest absolute Gasteiger partial charge is 0.328 e. The fraction of sp³-hybridized carbons (Fsp3) is 0.846. The van der Waals surface area contributed by atoms with Crippen LogP contribution < -0.4 is 11.1 Å². The van der Waals surface area contributed by atoms with Crippen LogP contribution in [0.1, 0.15) is 46.0 Å². The average molecular weight is 256 g/mol. The lowest BCUT2D eigenvalue weighted by Crippen LogP contribution is -2.52. The fourth-order valence-corrected chi connectivity index (χ4v) is 2.20. The number of rotatable bonds is 6. The van der Waals surface area contributed by atoms with E-state index in [-0.39, 0.29) is 11.4 Å². The second-order valence-electron chi connectivity index (χ2n) is 5.67. The van der Waals surface area contributed by atoms with Crippen LogP contribution in [-0.2, 0) is 14.3 Å². The average Bonchev–Trinajstić information content (AvgIpc) is 2.24. The van der Waals surface area contributed by atoms with E-state index >= 15 is 0 Å². The summed E-state index contributed by atoms with van der Waals surface area (Å²) in [6, 6.07) is -0.564. The first-order valence-electron chi connectivity index (χ1n) is 6.52. The molecule has 104 valence electrons. The van der Waals surface area contributed by atoms with Crippen molar-refractivity contribution in [2.24, 2.45) is 11.7 Å². The Labute approximate surface area is 108 Å². The lowest BCUT2D eigenvalue weighted by Gasteiger charge is -2.37. The number of hydrogen-bond acceptors (Lipinski definition) is 4. The van der Waals surface area contributed by atoms with Crippen LogP contribution in [0.5, 0.6) is 0 Å². The Bertz CT molecular complexity index is 311. The highest BCUT2D eigenvalue weighted by atomic mass is 16.5. The summed E-state index contributed by atoms with van der Waals surface area (Å²) in [5.74, 6) is -0.241. The zero-order valence-electron chi connectivity index (χ0n) is 11.5. The summed E-state index contributed by atoms with van der Waals surface area (Å²) in [4.78, 5) is 23.4. The second kappa shape index (κ2) is 6.18. The molecule has 0 saturated heterocycles. The number of carbonyl (C=O) groups is 2. The number of nitrogens with one attached hydrogen (secondary N) is 1. The van der Waals surface area contributed by atoms with Crippen molar-refractivity contribution in [3.63, 3.8) is 0 Å². The topological polar surface area (TPSA) is 81.4 Å². The van der Waals surface area contributed by atoms with Crippen molar-refractivity contribution in [1.82, 2.24) is 5.32 Å². The summed E-state index contributed by atoms with van der Waals surface area (Å²) in [6.07, 6.45) is 3.71. The maximum absolute atomic E-state index is 11.9. The quantitative estimate of drug-likeness (QED) is 0.694. The molecule has 0 radical (unpaired) electrons. The molecule has 0 aromatic rings. The third-order valence-corrected chi connectivity index (χ3v) is 3.39. The minimum Gasteiger partial charge on any atom is -0.467 e. The Kier molecular flexibility index (Phi) is 5.14. The molecular weight excluding hydrogens is 232 g/mol. The molecule has 0 heterocycles. The van der Waals surface area contributed by atoms with Crippen LogP contribution in [0.2, 0.25) is 0 Å². The summed E-state index contributed by atoms with van der Waals surface area (Å²) in [6.45, 7) is 4.00. The fourth-order valence-electron chi connectivity index (χ4n) is 2.20. The predicted octanol–water partition coefficient (Wildman–Crippen LogP) is 0.962. The molecule has 5 nitrogen and oxygen atoms in total. The van der Waals surface area contributed by atoms with Gasteiger partial charge in [0.05, 0.1) is 7.11 Å². The molecule has 0 spiro atoms. The Hall–Kier alpha value is -1.10. The normalized spacial score (nSPS) is 18.9. The van der Waals surface area contributed by atoms with Crippen molar-refractivity contribution in [1.29, 1.82) is 0 Å². The van der Waals surface area contributed by atoms with Crippen LogP contribution >= 0.6 is 0 Å². The molecule has 0 bridgehead atoms. The van der Waals surface area contributed by atoms with Crippen LogP contribution in [0.15, 0.2) is 0 Å². The standard InChI is InChI=1S/C13H24N2O3/c1-9(2)7-10(12(17)18-3)15-11(16)8-13(14)5-4-6-13/h9-10H,4-8,14H2,1-3H3,(H,15,16). The molecule has 1 aliphatic carbocycles. The van der Waals surface area contributed by atoms with Gasteiger partial charge in [-0.2, -0.15) is 0 Å². The Morgan fingerprint density at radius 1 is 1.39 bits per heavy atom. The first-order chi connectivity index (χ1) is 8.36. The Morgan fingerprint density at radius 2 is 2.00 bits per heavy atom. The molecule has 1 saturated carbocycles. The van der Waals surface area contributed by atoms with Crippen molar-refractivity contribution in [3.05, 3.63) is 0 Å². The van der Waals surface area contributed by atoms with Gasteiger partial charge in [-0.3, -0.25) is 4.79 Å². The van der Waals surface area contributed by atoms with Gasteiger partial charge >= 0.3 is 5.97 Å². The molecular formula is C13H24N2O3. The van der Waals surface area contributed by atoms with Gasteiger partial charge in [0.1, 0.15) is 6.04 Å². The van der Waals surface area contributed by atoms with Crippen LogP contribution in [0.4, 0.5) is 0 Å². The molecule has 18 heavy (non-hydrogen) atoms. The molecule has 1 fully saturated rings. The van der Waals surface area contributed by atoms with Gasteiger partial charge < -0.3 is 15.8 Å². The van der Waals surface area contributed by atoms with Crippen molar-refractivity contribution in [2.45, 2.75) is 57.5 Å². The summed E-state index contributed by atoms with van der Waals surface area (Å²) in [7, 11) is 1.33. The number of nitrogens with two attached hydrogens (primary N) is 1. The molecule has 0 aromatic carbocycles. The maximum Gasteiger partial charge on any atom is 0.328 e. The van der Waals surface area contributed by atoms with Crippen molar-refractivity contribution >= 4 is 11.9 Å². The van der Waals surface area contributed by atoms with Crippen molar-refractivity contribution in [3.8, 4) is 0 Å². The van der Waals surface area contributed by atoms with E-state index in [0.29, 0.717) is 18.8 Å². The van der Waals surface area contributed by atoms with E-state index in [0.717, 1.165) is 19.3 Å². The molecule has 1 aliphatic rings. The van der Waals surface area contributed by atoms with E-state index in [9.17, 15) is 9.59 Å². The summed E-state index contributed by atoms with van der Waals surface area (Å²) >= 11 is 0. The Morgan fingerprint density at radius 3 is 2.39 bits per heavy atom. The lowest BCUT2D eigenvalue weighted by atomic mass is 9.75. The van der Waals surface area contributed by atoms with Crippen molar-refractivity contribution in [2.75, 3.05) is 7.11 Å². The third-order valence-electron chi connectivity index (χ3n) is 3.39. The Balaban J connectivity index is 2.48. The van der Waals surface area contributed by atoms with Gasteiger partial charge in [0, 0.05) is 12.0 Å². The molecule has 1 amide bonds. The number of methoxy groups -OCH3 is 1. The highest BCUT2D eigenvalue weighted by Gasteiger charge is 2.35. The van der Waals surface area contributed by atoms with E-state index in [1.54, 1.807) is 0 Å². The lowest BCUT2D eigenvalue weighted by molar-refractivity contribution is -0.145. The number of amides is 1. The number of ether oxygens (including phenoxy) is 1. The van der Waals surface area contributed by atoms with Gasteiger partial charge in [-0.1, -0.05) is 13.8 Å². The molecule has 0 aliphatic heterocycles. The molecule has 3 N–H and O–H groups in total. The second-order valence-corrected chi connectivity index (χ2v) is 5.67. The number of hydrogen-bond donors (Lipinski definition) is 2. The third kappa shape index (κ3) is 4.29. The SMILES string of the molecule is COC(=O)C(CC(C)C)NC(=O)CC1(N)CCC1. The van der Waals surface area contributed by atoms with Gasteiger partial charge in [0.15, 0.2) is 0 Å². The van der Waals surface area contributed by atoms with E-state index in [4.69, 9.17) is 10.5 Å². The van der Waals surface area contributed by atoms with Gasteiger partial charge in [-0.25, -0.2) is 4.79 Å². The predicted molar refractivity (Wildman–Crippen MR) is 68.8 cm³/mol. The summed E-state index contributed by atoms with van der Waals surface area (Å²) in [5.41, 5.74) is 5.65. The zero-order chi connectivity index (χ0) is 13.8. The van der Waals surface area contributed by atoms with Crippen LogP contribution in [-0.4, -0.2) is 30.6 Å². The number of esters is 1. The monoisotopic (exact) mass is 256 g/mol. The largest absolute Gasteiger partial charge is 0.467 e. The molecule has 5 heteroatoms. The van der Waals surface area contributed by atoms with E-state index in [2.05, 4.69) is 5.32 Å². The van der Waals surface area contributed by atoms with Crippen LogP contribution in [0, 0.1) is 5.92 Å². The van der Waals surface area contributed by atoms with Crippen molar-refractivity contribution < 1.29 is 14.3 Å². The molecule has 1 rings (SSSR count). The van der Waals surface area contributed by atoms with E-state index < -0.39 is 12.0 Å². The van der Waals surface area contributed by atoms with Gasteiger partial charge in [0.25, 0.3) is 0 Å². The van der Waals surface area contributed by atoms with Gasteiger partial charge in [-0.15, -0.1) is 0 Å².